The third-order valence-electron chi connectivity index (χ3n) is 2.08. The molecule has 2 N–H and O–H groups in total. The number of aromatic nitrogens is 1. The van der Waals surface area contributed by atoms with Crippen molar-refractivity contribution in [2.24, 2.45) is 5.73 Å². The summed E-state index contributed by atoms with van der Waals surface area (Å²) in [5.41, 5.74) is 5.11. The molecule has 0 aliphatic rings. The summed E-state index contributed by atoms with van der Waals surface area (Å²) in [7, 11) is 3.47. The van der Waals surface area contributed by atoms with E-state index in [1.807, 2.05) is 0 Å². The van der Waals surface area contributed by atoms with Crippen LogP contribution in [0.15, 0.2) is 6.20 Å². The maximum atomic E-state index is 11.3. The summed E-state index contributed by atoms with van der Waals surface area (Å²) < 4.78 is 0. The lowest BCUT2D eigenvalue weighted by molar-refractivity contribution is -0.128. The van der Waals surface area contributed by atoms with E-state index in [1.54, 1.807) is 19.0 Å². The molecular formula is C10H15N3O2S. The largest absolute Gasteiger partial charge is 0.365 e. The number of amides is 2. The van der Waals surface area contributed by atoms with Gasteiger partial charge in [-0.15, -0.1) is 11.3 Å². The highest BCUT2D eigenvalue weighted by molar-refractivity contribution is 7.13. The highest BCUT2D eigenvalue weighted by Crippen LogP contribution is 2.14. The second-order valence-electron chi connectivity index (χ2n) is 3.62. The van der Waals surface area contributed by atoms with Crippen LogP contribution in [0.4, 0.5) is 0 Å². The third-order valence-corrected chi connectivity index (χ3v) is 3.15. The van der Waals surface area contributed by atoms with Crippen LogP contribution in [0.1, 0.15) is 27.5 Å². The Bertz CT molecular complexity index is 387. The zero-order chi connectivity index (χ0) is 12.1. The third kappa shape index (κ3) is 3.62. The lowest BCUT2D eigenvalue weighted by Gasteiger charge is -2.08. The second-order valence-corrected chi connectivity index (χ2v) is 4.74. The SMILES string of the molecule is CN(C)C(=O)CCCc1ncc(C(N)=O)s1. The van der Waals surface area contributed by atoms with Crippen LogP contribution in [-0.4, -0.2) is 35.8 Å². The molecule has 0 aliphatic heterocycles. The molecule has 1 aromatic rings. The number of carbonyl (C=O) groups is 2. The van der Waals surface area contributed by atoms with E-state index in [1.165, 1.54) is 17.5 Å². The lowest BCUT2D eigenvalue weighted by Crippen LogP contribution is -2.21. The molecule has 88 valence electrons. The molecule has 1 rings (SSSR count). The number of rotatable bonds is 5. The Morgan fingerprint density at radius 1 is 1.50 bits per heavy atom. The van der Waals surface area contributed by atoms with Crippen molar-refractivity contribution in [1.29, 1.82) is 0 Å². The van der Waals surface area contributed by atoms with Gasteiger partial charge in [-0.2, -0.15) is 0 Å². The van der Waals surface area contributed by atoms with Crippen molar-refractivity contribution in [3.8, 4) is 0 Å². The van der Waals surface area contributed by atoms with Crippen LogP contribution in [0.3, 0.4) is 0 Å². The summed E-state index contributed by atoms with van der Waals surface area (Å²) in [4.78, 5) is 28.2. The van der Waals surface area contributed by atoms with Gasteiger partial charge in [0.2, 0.25) is 5.91 Å². The van der Waals surface area contributed by atoms with Gasteiger partial charge >= 0.3 is 0 Å². The maximum absolute atomic E-state index is 11.3. The zero-order valence-corrected chi connectivity index (χ0v) is 10.2. The molecule has 2 amide bonds. The van der Waals surface area contributed by atoms with Crippen LogP contribution >= 0.6 is 11.3 Å². The summed E-state index contributed by atoms with van der Waals surface area (Å²) in [5, 5.41) is 0.848. The number of aryl methyl sites for hydroxylation is 1. The van der Waals surface area contributed by atoms with E-state index in [2.05, 4.69) is 4.98 Å². The van der Waals surface area contributed by atoms with Crippen LogP contribution in [0, 0.1) is 0 Å². The molecule has 0 spiro atoms. The highest BCUT2D eigenvalue weighted by atomic mass is 32.1. The number of thiazole rings is 1. The van der Waals surface area contributed by atoms with Crippen molar-refractivity contribution in [2.75, 3.05) is 14.1 Å². The molecule has 1 aromatic heterocycles. The van der Waals surface area contributed by atoms with Gasteiger partial charge in [-0.3, -0.25) is 9.59 Å². The van der Waals surface area contributed by atoms with Gasteiger partial charge in [0.15, 0.2) is 0 Å². The fourth-order valence-corrected chi connectivity index (χ4v) is 1.97. The molecule has 6 heteroatoms. The molecule has 16 heavy (non-hydrogen) atoms. The first-order valence-electron chi connectivity index (χ1n) is 4.95. The summed E-state index contributed by atoms with van der Waals surface area (Å²) in [5.74, 6) is -0.347. The van der Waals surface area contributed by atoms with Gasteiger partial charge in [-0.1, -0.05) is 0 Å². The quantitative estimate of drug-likeness (QED) is 0.822. The zero-order valence-electron chi connectivity index (χ0n) is 9.40. The fraction of sp³-hybridized carbons (Fsp3) is 0.500. The number of primary amides is 1. The molecule has 0 unspecified atom stereocenters. The molecule has 0 atom stereocenters. The Balaban J connectivity index is 2.37. The molecule has 0 fully saturated rings. The number of carbonyl (C=O) groups excluding carboxylic acids is 2. The van der Waals surface area contributed by atoms with Crippen LogP contribution in [0.25, 0.3) is 0 Å². The van der Waals surface area contributed by atoms with E-state index in [-0.39, 0.29) is 5.91 Å². The van der Waals surface area contributed by atoms with Crippen molar-refractivity contribution >= 4 is 23.2 Å². The van der Waals surface area contributed by atoms with E-state index in [0.717, 1.165) is 11.4 Å². The standard InChI is InChI=1S/C10H15N3O2S/c1-13(2)9(14)5-3-4-8-12-6-7(16-8)10(11)15/h6H,3-5H2,1-2H3,(H2,11,15). The van der Waals surface area contributed by atoms with E-state index in [9.17, 15) is 9.59 Å². The Morgan fingerprint density at radius 3 is 2.69 bits per heavy atom. The molecule has 0 aliphatic carbocycles. The Labute approximate surface area is 98.3 Å². The van der Waals surface area contributed by atoms with Crippen molar-refractivity contribution in [3.63, 3.8) is 0 Å². The van der Waals surface area contributed by atoms with Gasteiger partial charge in [0.25, 0.3) is 5.91 Å². The van der Waals surface area contributed by atoms with Crippen molar-refractivity contribution in [1.82, 2.24) is 9.88 Å². The van der Waals surface area contributed by atoms with E-state index in [0.29, 0.717) is 17.7 Å². The second kappa shape index (κ2) is 5.60. The first-order valence-corrected chi connectivity index (χ1v) is 5.77. The minimum atomic E-state index is -0.451. The molecular weight excluding hydrogens is 226 g/mol. The van der Waals surface area contributed by atoms with E-state index in [4.69, 9.17) is 5.73 Å². The van der Waals surface area contributed by atoms with Crippen LogP contribution in [0.2, 0.25) is 0 Å². The van der Waals surface area contributed by atoms with Gasteiger partial charge in [-0.25, -0.2) is 4.98 Å². The average Bonchev–Trinajstić information content (AvgIpc) is 2.66. The summed E-state index contributed by atoms with van der Waals surface area (Å²) in [6.45, 7) is 0. The summed E-state index contributed by atoms with van der Waals surface area (Å²) in [6.07, 6.45) is 3.43. The average molecular weight is 241 g/mol. The molecule has 5 nitrogen and oxygen atoms in total. The molecule has 0 radical (unpaired) electrons. The normalized spacial score (nSPS) is 10.1. The van der Waals surface area contributed by atoms with Gasteiger partial charge in [0.1, 0.15) is 4.88 Å². The molecule has 0 saturated carbocycles. The number of hydrogen-bond acceptors (Lipinski definition) is 4. The topological polar surface area (TPSA) is 76.3 Å². The summed E-state index contributed by atoms with van der Waals surface area (Å²) >= 11 is 1.29. The Kier molecular flexibility index (Phi) is 4.42. The van der Waals surface area contributed by atoms with Gasteiger partial charge < -0.3 is 10.6 Å². The van der Waals surface area contributed by atoms with E-state index < -0.39 is 5.91 Å². The highest BCUT2D eigenvalue weighted by Gasteiger charge is 2.08. The minimum Gasteiger partial charge on any atom is -0.365 e. The van der Waals surface area contributed by atoms with E-state index >= 15 is 0 Å². The first-order chi connectivity index (χ1) is 7.50. The van der Waals surface area contributed by atoms with Crippen molar-refractivity contribution in [2.45, 2.75) is 19.3 Å². The van der Waals surface area contributed by atoms with Gasteiger partial charge in [-0.05, 0) is 12.8 Å². The van der Waals surface area contributed by atoms with Crippen LogP contribution < -0.4 is 5.73 Å². The van der Waals surface area contributed by atoms with Crippen LogP contribution in [-0.2, 0) is 11.2 Å². The molecule has 0 bridgehead atoms. The molecule has 0 aromatic carbocycles. The number of nitrogens with two attached hydrogens (primary N) is 1. The number of nitrogens with zero attached hydrogens (tertiary/aromatic N) is 2. The molecule has 1 heterocycles. The predicted molar refractivity (Wildman–Crippen MR) is 62.3 cm³/mol. The molecule has 0 saturated heterocycles. The summed E-state index contributed by atoms with van der Waals surface area (Å²) in [6, 6.07) is 0. The maximum Gasteiger partial charge on any atom is 0.260 e. The first kappa shape index (κ1) is 12.6. The monoisotopic (exact) mass is 241 g/mol. The number of hydrogen-bond donors (Lipinski definition) is 1. The predicted octanol–water partition coefficient (Wildman–Crippen LogP) is 0.653. The Hall–Kier alpha value is -1.43. The van der Waals surface area contributed by atoms with Crippen molar-refractivity contribution < 1.29 is 9.59 Å². The van der Waals surface area contributed by atoms with Gasteiger partial charge in [0, 0.05) is 20.5 Å². The smallest absolute Gasteiger partial charge is 0.260 e. The van der Waals surface area contributed by atoms with Crippen LogP contribution in [0.5, 0.6) is 0 Å². The lowest BCUT2D eigenvalue weighted by atomic mass is 10.2. The Morgan fingerprint density at radius 2 is 2.19 bits per heavy atom. The minimum absolute atomic E-state index is 0.103. The fourth-order valence-electron chi connectivity index (χ4n) is 1.15. The van der Waals surface area contributed by atoms with Gasteiger partial charge in [0.05, 0.1) is 11.2 Å². The van der Waals surface area contributed by atoms with Crippen molar-refractivity contribution in [3.05, 3.63) is 16.1 Å².